The van der Waals surface area contributed by atoms with Crippen molar-refractivity contribution in [3.63, 3.8) is 0 Å². The van der Waals surface area contributed by atoms with Crippen LogP contribution < -0.4 is 10.6 Å². The number of carboxylic acids is 1. The second-order valence-electron chi connectivity index (χ2n) is 4.21. The average molecular weight is 280 g/mol. The lowest BCUT2D eigenvalue weighted by atomic mass is 10.1. The van der Waals surface area contributed by atoms with Crippen molar-refractivity contribution in [2.75, 3.05) is 18.5 Å². The van der Waals surface area contributed by atoms with Gasteiger partial charge in [0.05, 0.1) is 0 Å². The number of carbonyl (C=O) groups is 3. The second-order valence-corrected chi connectivity index (χ2v) is 4.21. The highest BCUT2D eigenvalue weighted by Crippen LogP contribution is 2.15. The predicted molar refractivity (Wildman–Crippen MR) is 71.5 cm³/mol. The van der Waals surface area contributed by atoms with Crippen molar-refractivity contribution in [1.82, 2.24) is 5.32 Å². The number of aliphatic carboxylic acids is 1. The van der Waals surface area contributed by atoms with Crippen LogP contribution in [0.4, 0.5) is 10.5 Å². The summed E-state index contributed by atoms with van der Waals surface area (Å²) in [6.07, 6.45) is 0. The summed E-state index contributed by atoms with van der Waals surface area (Å²) in [5.41, 5.74) is 2.52. The van der Waals surface area contributed by atoms with E-state index in [1.807, 2.05) is 31.3 Å². The molecule has 0 spiro atoms. The molecule has 0 fully saturated rings. The van der Waals surface area contributed by atoms with Gasteiger partial charge in [0.1, 0.15) is 13.2 Å². The first kappa shape index (κ1) is 15.6. The van der Waals surface area contributed by atoms with Gasteiger partial charge in [-0.2, -0.15) is 0 Å². The van der Waals surface area contributed by atoms with Crippen molar-refractivity contribution in [2.45, 2.75) is 13.8 Å². The SMILES string of the molecule is Cc1ccc(NC(=O)NC(=O)COCC(=O)O)c(C)c1. The van der Waals surface area contributed by atoms with E-state index in [0.717, 1.165) is 11.1 Å². The van der Waals surface area contributed by atoms with E-state index in [-0.39, 0.29) is 0 Å². The smallest absolute Gasteiger partial charge is 0.329 e. The Labute approximate surface area is 115 Å². The summed E-state index contributed by atoms with van der Waals surface area (Å²) in [4.78, 5) is 33.0. The number of carbonyl (C=O) groups excluding carboxylic acids is 2. The molecule has 0 aromatic heterocycles. The molecule has 1 rings (SSSR count). The maximum absolute atomic E-state index is 11.5. The van der Waals surface area contributed by atoms with E-state index < -0.39 is 31.1 Å². The number of hydrogen-bond acceptors (Lipinski definition) is 4. The van der Waals surface area contributed by atoms with Crippen LogP contribution in [0.1, 0.15) is 11.1 Å². The van der Waals surface area contributed by atoms with Crippen LogP contribution in [0.25, 0.3) is 0 Å². The summed E-state index contributed by atoms with van der Waals surface area (Å²) in [5.74, 6) is -1.90. The highest BCUT2D eigenvalue weighted by atomic mass is 16.5. The van der Waals surface area contributed by atoms with Crippen LogP contribution >= 0.6 is 0 Å². The number of nitrogens with one attached hydrogen (secondary N) is 2. The molecule has 0 saturated carbocycles. The Kier molecular flexibility index (Phi) is 5.67. The number of urea groups is 1. The zero-order valence-corrected chi connectivity index (χ0v) is 11.2. The third-order valence-corrected chi connectivity index (χ3v) is 2.34. The van der Waals surface area contributed by atoms with Gasteiger partial charge in [-0.25, -0.2) is 9.59 Å². The monoisotopic (exact) mass is 280 g/mol. The quantitative estimate of drug-likeness (QED) is 0.747. The lowest BCUT2D eigenvalue weighted by Gasteiger charge is -2.09. The molecule has 7 heteroatoms. The lowest BCUT2D eigenvalue weighted by molar-refractivity contribution is -0.143. The molecule has 0 bridgehead atoms. The van der Waals surface area contributed by atoms with Crippen molar-refractivity contribution < 1.29 is 24.2 Å². The molecular weight excluding hydrogens is 264 g/mol. The highest BCUT2D eigenvalue weighted by molar-refractivity contribution is 6.01. The van der Waals surface area contributed by atoms with Crippen LogP contribution in [0.15, 0.2) is 18.2 Å². The number of amides is 3. The molecular formula is C13H16N2O5. The molecule has 1 aromatic rings. The highest BCUT2D eigenvalue weighted by Gasteiger charge is 2.10. The molecule has 1 aromatic carbocycles. The van der Waals surface area contributed by atoms with E-state index in [4.69, 9.17) is 5.11 Å². The van der Waals surface area contributed by atoms with Gasteiger partial charge in [0.2, 0.25) is 0 Å². The van der Waals surface area contributed by atoms with Gasteiger partial charge in [-0.3, -0.25) is 10.1 Å². The summed E-state index contributed by atoms with van der Waals surface area (Å²) in [6.45, 7) is 2.68. The van der Waals surface area contributed by atoms with Crippen molar-refractivity contribution in [3.8, 4) is 0 Å². The van der Waals surface area contributed by atoms with E-state index in [9.17, 15) is 14.4 Å². The van der Waals surface area contributed by atoms with Crippen LogP contribution in [0.5, 0.6) is 0 Å². The molecule has 0 saturated heterocycles. The summed E-state index contributed by atoms with van der Waals surface area (Å²) < 4.78 is 4.56. The summed E-state index contributed by atoms with van der Waals surface area (Å²) in [6, 6.07) is 4.77. The number of aryl methyl sites for hydroxylation is 2. The van der Waals surface area contributed by atoms with Crippen LogP contribution in [0.2, 0.25) is 0 Å². The largest absolute Gasteiger partial charge is 0.480 e. The normalized spacial score (nSPS) is 9.90. The first-order valence-electron chi connectivity index (χ1n) is 5.86. The first-order chi connectivity index (χ1) is 9.38. The van der Waals surface area contributed by atoms with Crippen molar-refractivity contribution in [3.05, 3.63) is 29.3 Å². The van der Waals surface area contributed by atoms with Crippen LogP contribution in [0.3, 0.4) is 0 Å². The van der Waals surface area contributed by atoms with Gasteiger partial charge >= 0.3 is 12.0 Å². The van der Waals surface area contributed by atoms with Crippen molar-refractivity contribution in [1.29, 1.82) is 0 Å². The fraction of sp³-hybridized carbons (Fsp3) is 0.308. The van der Waals surface area contributed by atoms with Crippen molar-refractivity contribution >= 4 is 23.6 Å². The van der Waals surface area contributed by atoms with Gasteiger partial charge in [-0.15, -0.1) is 0 Å². The standard InChI is InChI=1S/C13H16N2O5/c1-8-3-4-10(9(2)5-8)14-13(19)15-11(16)6-20-7-12(17)18/h3-5H,6-7H2,1-2H3,(H,17,18)(H2,14,15,16,19). The maximum atomic E-state index is 11.5. The Morgan fingerprint density at radius 2 is 1.90 bits per heavy atom. The number of ether oxygens (including phenoxy) is 1. The van der Waals surface area contributed by atoms with E-state index in [1.165, 1.54) is 0 Å². The van der Waals surface area contributed by atoms with Crippen LogP contribution in [0, 0.1) is 13.8 Å². The van der Waals surface area contributed by atoms with Crippen molar-refractivity contribution in [2.24, 2.45) is 0 Å². The molecule has 108 valence electrons. The topological polar surface area (TPSA) is 105 Å². The third-order valence-electron chi connectivity index (χ3n) is 2.34. The molecule has 0 unspecified atom stereocenters. The molecule has 0 aliphatic carbocycles. The molecule has 0 atom stereocenters. The summed E-state index contributed by atoms with van der Waals surface area (Å²) in [7, 11) is 0. The van der Waals surface area contributed by atoms with Gasteiger partial charge in [-0.1, -0.05) is 17.7 Å². The molecule has 0 aliphatic heterocycles. The van der Waals surface area contributed by atoms with Gasteiger partial charge in [0.25, 0.3) is 5.91 Å². The Balaban J connectivity index is 2.43. The molecule has 0 aliphatic rings. The molecule has 0 heterocycles. The average Bonchev–Trinajstić information content (AvgIpc) is 2.32. The van der Waals surface area contributed by atoms with E-state index in [1.54, 1.807) is 6.07 Å². The zero-order valence-electron chi connectivity index (χ0n) is 11.2. The zero-order chi connectivity index (χ0) is 15.1. The van der Waals surface area contributed by atoms with Gasteiger partial charge in [0.15, 0.2) is 0 Å². The Morgan fingerprint density at radius 1 is 1.20 bits per heavy atom. The van der Waals surface area contributed by atoms with E-state index in [2.05, 4.69) is 10.1 Å². The Morgan fingerprint density at radius 3 is 2.50 bits per heavy atom. The fourth-order valence-electron chi connectivity index (χ4n) is 1.50. The summed E-state index contributed by atoms with van der Waals surface area (Å²) in [5, 5.41) is 12.9. The van der Waals surface area contributed by atoms with Gasteiger partial charge in [0, 0.05) is 5.69 Å². The van der Waals surface area contributed by atoms with E-state index >= 15 is 0 Å². The first-order valence-corrected chi connectivity index (χ1v) is 5.86. The fourth-order valence-corrected chi connectivity index (χ4v) is 1.50. The Hall–Kier alpha value is -2.41. The molecule has 3 amide bonds. The summed E-state index contributed by atoms with van der Waals surface area (Å²) >= 11 is 0. The number of benzene rings is 1. The molecule has 7 nitrogen and oxygen atoms in total. The second kappa shape index (κ2) is 7.25. The minimum atomic E-state index is -1.18. The van der Waals surface area contributed by atoms with E-state index in [0.29, 0.717) is 5.69 Å². The molecule has 3 N–H and O–H groups in total. The number of hydrogen-bond donors (Lipinski definition) is 3. The molecule has 20 heavy (non-hydrogen) atoms. The van der Waals surface area contributed by atoms with Crippen LogP contribution in [-0.4, -0.2) is 36.2 Å². The molecule has 0 radical (unpaired) electrons. The predicted octanol–water partition coefficient (Wildman–Crippen LogP) is 1.05. The number of rotatable bonds is 5. The minimum absolute atomic E-state index is 0.493. The minimum Gasteiger partial charge on any atom is -0.480 e. The van der Waals surface area contributed by atoms with Gasteiger partial charge < -0.3 is 15.2 Å². The van der Waals surface area contributed by atoms with Crippen LogP contribution in [-0.2, 0) is 14.3 Å². The number of imide groups is 1. The Bertz CT molecular complexity index is 527. The van der Waals surface area contributed by atoms with Gasteiger partial charge in [-0.05, 0) is 25.5 Å². The number of carboxylic acid groups (broad SMARTS) is 1. The maximum Gasteiger partial charge on any atom is 0.329 e. The third kappa shape index (κ3) is 5.49. The lowest BCUT2D eigenvalue weighted by Crippen LogP contribution is -2.37. The number of anilines is 1.